The third kappa shape index (κ3) is 1.58. The summed E-state index contributed by atoms with van der Waals surface area (Å²) in [4.78, 5) is 1.28. The van der Waals surface area contributed by atoms with Crippen LogP contribution < -0.4 is 0 Å². The van der Waals surface area contributed by atoms with Crippen molar-refractivity contribution in [2.75, 3.05) is 0 Å². The first-order valence-corrected chi connectivity index (χ1v) is 4.99. The lowest BCUT2D eigenvalue weighted by Crippen LogP contribution is -1.74. The van der Waals surface area contributed by atoms with E-state index in [-0.39, 0.29) is 0 Å². The Labute approximate surface area is 81.3 Å². The number of benzene rings is 1. The van der Waals surface area contributed by atoms with Gasteiger partial charge in [0.1, 0.15) is 5.75 Å². The molecule has 0 bridgehead atoms. The van der Waals surface area contributed by atoms with Crippen LogP contribution in [-0.2, 0) is 0 Å². The van der Waals surface area contributed by atoms with E-state index in [1.54, 1.807) is 23.5 Å². The zero-order valence-electron chi connectivity index (χ0n) is 7.32. The van der Waals surface area contributed by atoms with E-state index in [0.29, 0.717) is 5.75 Å². The van der Waals surface area contributed by atoms with Gasteiger partial charge in [0, 0.05) is 4.88 Å². The van der Waals surface area contributed by atoms with E-state index in [0.717, 1.165) is 0 Å². The van der Waals surface area contributed by atoms with Crippen molar-refractivity contribution < 1.29 is 5.11 Å². The van der Waals surface area contributed by atoms with Crippen LogP contribution in [0.2, 0.25) is 0 Å². The lowest BCUT2D eigenvalue weighted by molar-refractivity contribution is 0.475. The van der Waals surface area contributed by atoms with Gasteiger partial charge in [-0.05, 0) is 53.8 Å². The minimum absolute atomic E-state index is 0.318. The molecule has 0 radical (unpaired) electrons. The Morgan fingerprint density at radius 1 is 1.08 bits per heavy atom. The van der Waals surface area contributed by atoms with Crippen LogP contribution in [0, 0.1) is 6.92 Å². The fraction of sp³-hybridized carbons (Fsp3) is 0.0909. The van der Waals surface area contributed by atoms with E-state index in [1.165, 1.54) is 16.0 Å². The van der Waals surface area contributed by atoms with Gasteiger partial charge < -0.3 is 5.11 Å². The van der Waals surface area contributed by atoms with Crippen LogP contribution in [0.15, 0.2) is 35.7 Å². The molecule has 2 rings (SSSR count). The van der Waals surface area contributed by atoms with Crippen LogP contribution >= 0.6 is 11.3 Å². The van der Waals surface area contributed by atoms with Crippen LogP contribution in [0.4, 0.5) is 0 Å². The van der Waals surface area contributed by atoms with Gasteiger partial charge in [0.25, 0.3) is 0 Å². The maximum Gasteiger partial charge on any atom is 0.115 e. The number of hydrogen-bond acceptors (Lipinski definition) is 2. The molecule has 0 unspecified atom stereocenters. The number of aromatic hydroxyl groups is 1. The van der Waals surface area contributed by atoms with Gasteiger partial charge in [0.2, 0.25) is 0 Å². The summed E-state index contributed by atoms with van der Waals surface area (Å²) in [5.74, 6) is 0.318. The smallest absolute Gasteiger partial charge is 0.115 e. The summed E-state index contributed by atoms with van der Waals surface area (Å²) in [5, 5.41) is 11.2. The molecule has 0 saturated heterocycles. The molecule has 0 aliphatic rings. The summed E-state index contributed by atoms with van der Waals surface area (Å²) in [6, 6.07) is 9.41. The van der Waals surface area contributed by atoms with E-state index in [4.69, 9.17) is 5.11 Å². The third-order valence-electron chi connectivity index (χ3n) is 1.99. The van der Waals surface area contributed by atoms with E-state index >= 15 is 0 Å². The number of thiophene rings is 1. The Morgan fingerprint density at radius 3 is 2.31 bits per heavy atom. The van der Waals surface area contributed by atoms with Crippen molar-refractivity contribution in [1.82, 2.24) is 0 Å². The molecule has 2 heteroatoms. The lowest BCUT2D eigenvalue weighted by atomic mass is 10.1. The van der Waals surface area contributed by atoms with Crippen molar-refractivity contribution in [2.24, 2.45) is 0 Å². The van der Waals surface area contributed by atoms with Gasteiger partial charge in [-0.25, -0.2) is 0 Å². The normalized spacial score (nSPS) is 10.2. The summed E-state index contributed by atoms with van der Waals surface area (Å²) < 4.78 is 0. The number of phenolic OH excluding ortho intramolecular Hbond substituents is 1. The molecule has 0 fully saturated rings. The quantitative estimate of drug-likeness (QED) is 0.730. The van der Waals surface area contributed by atoms with Crippen molar-refractivity contribution in [2.45, 2.75) is 6.92 Å². The average molecular weight is 190 g/mol. The molecule has 1 aromatic carbocycles. The number of hydrogen-bond donors (Lipinski definition) is 1. The molecule has 2 aromatic rings. The first-order chi connectivity index (χ1) is 6.27. The highest BCUT2D eigenvalue weighted by Gasteiger charge is 2.01. The SMILES string of the molecule is Cc1ccsc1-c1ccc(O)cc1. The fourth-order valence-corrected chi connectivity index (χ4v) is 2.22. The van der Waals surface area contributed by atoms with Crippen molar-refractivity contribution in [3.63, 3.8) is 0 Å². The van der Waals surface area contributed by atoms with Gasteiger partial charge in [-0.2, -0.15) is 0 Å². The Kier molecular flexibility index (Phi) is 2.07. The van der Waals surface area contributed by atoms with E-state index < -0.39 is 0 Å². The predicted molar refractivity (Wildman–Crippen MR) is 56.2 cm³/mol. The maximum atomic E-state index is 9.13. The van der Waals surface area contributed by atoms with Gasteiger partial charge in [-0.3, -0.25) is 0 Å². The number of phenols is 1. The lowest BCUT2D eigenvalue weighted by Gasteiger charge is -1.99. The maximum absolute atomic E-state index is 9.13. The molecule has 0 atom stereocenters. The zero-order valence-corrected chi connectivity index (χ0v) is 8.14. The number of aryl methyl sites for hydroxylation is 1. The molecule has 0 aliphatic heterocycles. The van der Waals surface area contributed by atoms with Crippen molar-refractivity contribution >= 4 is 11.3 Å². The molecule has 13 heavy (non-hydrogen) atoms. The highest BCUT2D eigenvalue weighted by atomic mass is 32.1. The molecule has 1 nitrogen and oxygen atoms in total. The summed E-state index contributed by atoms with van der Waals surface area (Å²) in [5.41, 5.74) is 2.46. The summed E-state index contributed by atoms with van der Waals surface area (Å²) in [6.07, 6.45) is 0. The first-order valence-electron chi connectivity index (χ1n) is 4.11. The van der Waals surface area contributed by atoms with E-state index in [1.807, 2.05) is 12.1 Å². The predicted octanol–water partition coefficient (Wildman–Crippen LogP) is 3.43. The topological polar surface area (TPSA) is 20.2 Å². The standard InChI is InChI=1S/C11H10OS/c1-8-6-7-13-11(8)9-2-4-10(12)5-3-9/h2-7,12H,1H3. The van der Waals surface area contributed by atoms with Crippen LogP contribution in [0.25, 0.3) is 10.4 Å². The molecule has 0 aliphatic carbocycles. The molecule has 0 saturated carbocycles. The van der Waals surface area contributed by atoms with Gasteiger partial charge in [-0.15, -0.1) is 11.3 Å². The van der Waals surface area contributed by atoms with Crippen LogP contribution in [0.1, 0.15) is 5.56 Å². The molecule has 1 N–H and O–H groups in total. The average Bonchev–Trinajstić information content (AvgIpc) is 2.53. The summed E-state index contributed by atoms with van der Waals surface area (Å²) >= 11 is 1.73. The second-order valence-corrected chi connectivity index (χ2v) is 3.90. The second kappa shape index (κ2) is 3.23. The fourth-order valence-electron chi connectivity index (χ4n) is 1.28. The van der Waals surface area contributed by atoms with Gasteiger partial charge in [0.15, 0.2) is 0 Å². The van der Waals surface area contributed by atoms with Crippen molar-refractivity contribution in [3.05, 3.63) is 41.3 Å². The molecular weight excluding hydrogens is 180 g/mol. The van der Waals surface area contributed by atoms with Crippen LogP contribution in [0.3, 0.4) is 0 Å². The second-order valence-electron chi connectivity index (χ2n) is 2.98. The minimum Gasteiger partial charge on any atom is -0.508 e. The molecule has 0 spiro atoms. The Balaban J connectivity index is 2.47. The van der Waals surface area contributed by atoms with E-state index in [2.05, 4.69) is 18.4 Å². The molecule has 66 valence electrons. The third-order valence-corrected chi connectivity index (χ3v) is 3.06. The first kappa shape index (κ1) is 8.32. The summed E-state index contributed by atoms with van der Waals surface area (Å²) in [7, 11) is 0. The van der Waals surface area contributed by atoms with Gasteiger partial charge >= 0.3 is 0 Å². The largest absolute Gasteiger partial charge is 0.508 e. The van der Waals surface area contributed by atoms with Crippen LogP contribution in [-0.4, -0.2) is 5.11 Å². The molecule has 0 amide bonds. The Morgan fingerprint density at radius 2 is 1.77 bits per heavy atom. The van der Waals surface area contributed by atoms with Gasteiger partial charge in [0.05, 0.1) is 0 Å². The highest BCUT2D eigenvalue weighted by Crippen LogP contribution is 2.29. The summed E-state index contributed by atoms with van der Waals surface area (Å²) in [6.45, 7) is 2.10. The highest BCUT2D eigenvalue weighted by molar-refractivity contribution is 7.13. The molecule has 1 aromatic heterocycles. The van der Waals surface area contributed by atoms with Crippen LogP contribution in [0.5, 0.6) is 5.75 Å². The van der Waals surface area contributed by atoms with Crippen molar-refractivity contribution in [3.8, 4) is 16.2 Å². The Hall–Kier alpha value is -1.28. The monoisotopic (exact) mass is 190 g/mol. The van der Waals surface area contributed by atoms with Gasteiger partial charge in [-0.1, -0.05) is 0 Å². The Bertz CT molecular complexity index is 400. The number of rotatable bonds is 1. The zero-order chi connectivity index (χ0) is 9.26. The molecule has 1 heterocycles. The van der Waals surface area contributed by atoms with Crippen molar-refractivity contribution in [1.29, 1.82) is 0 Å². The minimum atomic E-state index is 0.318. The molecular formula is C11H10OS. The van der Waals surface area contributed by atoms with E-state index in [9.17, 15) is 0 Å².